The second kappa shape index (κ2) is 10.4. The third-order valence-electron chi connectivity index (χ3n) is 5.58. The van der Waals surface area contributed by atoms with E-state index in [1.807, 2.05) is 55.4 Å². The largest absolute Gasteiger partial charge is 0.506 e. The van der Waals surface area contributed by atoms with Gasteiger partial charge in [0.1, 0.15) is 5.75 Å². The Morgan fingerprint density at radius 2 is 1.86 bits per heavy atom. The molecule has 0 amide bonds. The van der Waals surface area contributed by atoms with Crippen LogP contribution in [-0.4, -0.2) is 36.3 Å². The highest BCUT2D eigenvalue weighted by Gasteiger charge is 2.33. The molecule has 182 valence electrons. The van der Waals surface area contributed by atoms with E-state index in [9.17, 15) is 14.7 Å². The average Bonchev–Trinajstić information content (AvgIpc) is 3.11. The summed E-state index contributed by atoms with van der Waals surface area (Å²) >= 11 is 5.41. The fourth-order valence-corrected chi connectivity index (χ4v) is 6.74. The molecule has 0 bridgehead atoms. The zero-order valence-corrected chi connectivity index (χ0v) is 24.6. The Bertz CT molecular complexity index is 1500. The number of phenolic OH excluding ortho intramolecular Hbond substituents is 1. The van der Waals surface area contributed by atoms with E-state index >= 15 is 0 Å². The average molecular weight is 715 g/mol. The Morgan fingerprint density at radius 3 is 2.43 bits per heavy atom. The number of aromatic hydroxyl groups is 1. The molecule has 35 heavy (non-hydrogen) atoms. The molecular weight excluding hydrogens is 692 g/mol. The van der Waals surface area contributed by atoms with E-state index in [0.29, 0.717) is 27.7 Å². The van der Waals surface area contributed by atoms with E-state index in [0.717, 1.165) is 16.8 Å². The van der Waals surface area contributed by atoms with Crippen LogP contribution in [0.1, 0.15) is 31.0 Å². The molecule has 1 aliphatic rings. The number of carbonyl (C=O) groups excluding carboxylic acids is 1. The van der Waals surface area contributed by atoms with Crippen molar-refractivity contribution in [2.24, 2.45) is 4.99 Å². The van der Waals surface area contributed by atoms with Crippen molar-refractivity contribution in [1.29, 1.82) is 0 Å². The van der Waals surface area contributed by atoms with Gasteiger partial charge in [-0.2, -0.15) is 0 Å². The first-order valence-corrected chi connectivity index (χ1v) is 13.7. The van der Waals surface area contributed by atoms with Crippen LogP contribution in [0.15, 0.2) is 57.5 Å². The standard InChI is InChI=1S/C25H23I2N3O4S/c1-5-34-24(33)20-13(2)28-25-30(21(20)15-6-8-16(9-7-15)29(3)4)23(32)19(35-25)12-14-10-17(26)22(31)18(27)11-14/h6-12,21,31H,5H2,1-4H3/b19-12-. The maximum Gasteiger partial charge on any atom is 0.338 e. The maximum absolute atomic E-state index is 13.7. The second-order valence-corrected chi connectivity index (χ2v) is 11.5. The van der Waals surface area contributed by atoms with Gasteiger partial charge in [-0.05, 0) is 100 Å². The summed E-state index contributed by atoms with van der Waals surface area (Å²) in [6.45, 7) is 3.75. The number of allylic oxidation sites excluding steroid dienone is 1. The van der Waals surface area contributed by atoms with Crippen LogP contribution in [0.5, 0.6) is 5.75 Å². The third-order valence-corrected chi connectivity index (χ3v) is 8.21. The van der Waals surface area contributed by atoms with Gasteiger partial charge in [0.15, 0.2) is 4.80 Å². The summed E-state index contributed by atoms with van der Waals surface area (Å²) in [6, 6.07) is 10.8. The topological polar surface area (TPSA) is 84.1 Å². The molecule has 1 atom stereocenters. The number of hydrogen-bond acceptors (Lipinski definition) is 7. The number of esters is 1. The summed E-state index contributed by atoms with van der Waals surface area (Å²) in [5.41, 5.74) is 3.27. The number of hydrogen-bond donors (Lipinski definition) is 1. The normalized spacial score (nSPS) is 15.6. The highest BCUT2D eigenvalue weighted by atomic mass is 127. The number of carbonyl (C=O) groups is 1. The molecule has 0 aliphatic carbocycles. The van der Waals surface area contributed by atoms with Gasteiger partial charge in [0, 0.05) is 19.8 Å². The van der Waals surface area contributed by atoms with Gasteiger partial charge < -0.3 is 14.7 Å². The van der Waals surface area contributed by atoms with E-state index in [4.69, 9.17) is 4.74 Å². The monoisotopic (exact) mass is 715 g/mol. The molecule has 1 aromatic heterocycles. The van der Waals surface area contributed by atoms with E-state index in [2.05, 4.69) is 50.2 Å². The molecule has 7 nitrogen and oxygen atoms in total. The lowest BCUT2D eigenvalue weighted by Gasteiger charge is -2.25. The zero-order valence-electron chi connectivity index (χ0n) is 19.5. The van der Waals surface area contributed by atoms with Crippen LogP contribution in [0.25, 0.3) is 6.08 Å². The number of nitrogens with zero attached hydrogens (tertiary/aromatic N) is 3. The number of fused-ring (bicyclic) bond motifs is 1. The summed E-state index contributed by atoms with van der Waals surface area (Å²) in [5, 5.41) is 10.1. The fraction of sp³-hybridized carbons (Fsp3) is 0.240. The predicted octanol–water partition coefficient (Wildman–Crippen LogP) is 3.78. The van der Waals surface area contributed by atoms with Crippen LogP contribution in [0.2, 0.25) is 0 Å². The zero-order chi connectivity index (χ0) is 25.4. The van der Waals surface area contributed by atoms with Gasteiger partial charge in [-0.25, -0.2) is 9.79 Å². The molecule has 0 radical (unpaired) electrons. The van der Waals surface area contributed by atoms with E-state index in [1.165, 1.54) is 11.3 Å². The number of phenols is 1. The van der Waals surface area contributed by atoms with E-state index in [1.54, 1.807) is 24.5 Å². The van der Waals surface area contributed by atoms with Crippen LogP contribution in [-0.2, 0) is 9.53 Å². The Morgan fingerprint density at radius 1 is 1.23 bits per heavy atom. The van der Waals surface area contributed by atoms with Crippen molar-refractivity contribution in [2.75, 3.05) is 25.6 Å². The first kappa shape index (κ1) is 25.9. The van der Waals surface area contributed by atoms with Gasteiger partial charge in [0.2, 0.25) is 0 Å². The molecule has 0 fully saturated rings. The highest BCUT2D eigenvalue weighted by Crippen LogP contribution is 2.32. The Hall–Kier alpha value is -2.19. The minimum Gasteiger partial charge on any atom is -0.506 e. The van der Waals surface area contributed by atoms with Crippen molar-refractivity contribution in [1.82, 2.24) is 4.57 Å². The number of ether oxygens (including phenoxy) is 1. The van der Waals surface area contributed by atoms with Gasteiger partial charge in [0.25, 0.3) is 5.56 Å². The molecule has 3 aromatic rings. The Labute approximate surface area is 233 Å². The van der Waals surface area contributed by atoms with Crippen molar-refractivity contribution >= 4 is 74.3 Å². The highest BCUT2D eigenvalue weighted by molar-refractivity contribution is 14.1. The predicted molar refractivity (Wildman–Crippen MR) is 155 cm³/mol. The molecule has 2 aromatic carbocycles. The molecule has 1 unspecified atom stereocenters. The van der Waals surface area contributed by atoms with Gasteiger partial charge >= 0.3 is 5.97 Å². The summed E-state index contributed by atoms with van der Waals surface area (Å²) in [4.78, 5) is 33.8. The first-order chi connectivity index (χ1) is 16.6. The van der Waals surface area contributed by atoms with E-state index < -0.39 is 12.0 Å². The molecule has 1 N–H and O–H groups in total. The summed E-state index contributed by atoms with van der Waals surface area (Å²) < 4.78 is 8.83. The summed E-state index contributed by atoms with van der Waals surface area (Å²) in [6.07, 6.45) is 1.79. The summed E-state index contributed by atoms with van der Waals surface area (Å²) in [7, 11) is 3.91. The number of aromatic nitrogens is 1. The van der Waals surface area contributed by atoms with Crippen molar-refractivity contribution in [3.8, 4) is 5.75 Å². The molecule has 1 aliphatic heterocycles. The van der Waals surface area contributed by atoms with Gasteiger partial charge in [0.05, 0.1) is 35.6 Å². The maximum atomic E-state index is 13.7. The van der Waals surface area contributed by atoms with Crippen molar-refractivity contribution in [3.63, 3.8) is 0 Å². The van der Waals surface area contributed by atoms with Gasteiger partial charge in [-0.3, -0.25) is 9.36 Å². The van der Waals surface area contributed by atoms with Crippen molar-refractivity contribution < 1.29 is 14.6 Å². The quantitative estimate of drug-likeness (QED) is 0.322. The number of thiazole rings is 1. The summed E-state index contributed by atoms with van der Waals surface area (Å²) in [5.74, 6) is -0.256. The minimum absolute atomic E-state index is 0.223. The number of benzene rings is 2. The van der Waals surface area contributed by atoms with Crippen LogP contribution in [0.3, 0.4) is 0 Å². The lowest BCUT2D eigenvalue weighted by molar-refractivity contribution is -0.139. The lowest BCUT2D eigenvalue weighted by atomic mass is 9.95. The van der Waals surface area contributed by atoms with E-state index in [-0.39, 0.29) is 17.9 Å². The Balaban J connectivity index is 1.94. The van der Waals surface area contributed by atoms with Crippen molar-refractivity contribution in [2.45, 2.75) is 19.9 Å². The van der Waals surface area contributed by atoms with Gasteiger partial charge in [-0.1, -0.05) is 23.5 Å². The van der Waals surface area contributed by atoms with Crippen LogP contribution >= 0.6 is 56.5 Å². The SMILES string of the molecule is CCOC(=O)C1=C(C)N=c2s/c(=C\c3cc(I)c(O)c(I)c3)c(=O)n2C1c1ccc(N(C)C)cc1. The van der Waals surface area contributed by atoms with Crippen molar-refractivity contribution in [3.05, 3.63) is 85.6 Å². The smallest absolute Gasteiger partial charge is 0.338 e. The Kier molecular flexibility index (Phi) is 7.71. The molecule has 10 heteroatoms. The molecule has 0 saturated heterocycles. The minimum atomic E-state index is -0.649. The fourth-order valence-electron chi connectivity index (χ4n) is 3.88. The van der Waals surface area contributed by atoms with Crippen LogP contribution in [0, 0.1) is 7.14 Å². The molecule has 0 spiro atoms. The molecule has 2 heterocycles. The molecule has 0 saturated carbocycles. The van der Waals surface area contributed by atoms with Gasteiger partial charge in [-0.15, -0.1) is 0 Å². The molecule has 4 rings (SSSR count). The molecular formula is C25H23I2N3O4S. The second-order valence-electron chi connectivity index (χ2n) is 8.12. The number of anilines is 1. The number of halogens is 2. The first-order valence-electron chi connectivity index (χ1n) is 10.8. The number of rotatable bonds is 5. The lowest BCUT2D eigenvalue weighted by Crippen LogP contribution is -2.39. The third kappa shape index (κ3) is 5.05. The van der Waals surface area contributed by atoms with Crippen LogP contribution < -0.4 is 19.8 Å². The van der Waals surface area contributed by atoms with Crippen LogP contribution in [0.4, 0.5) is 5.69 Å².